The van der Waals surface area contributed by atoms with Crippen LogP contribution in [0.5, 0.6) is 0 Å². The van der Waals surface area contributed by atoms with Gasteiger partial charge in [0.05, 0.1) is 4.90 Å². The Morgan fingerprint density at radius 3 is 2.60 bits per heavy atom. The maximum Gasteiger partial charge on any atom is 0.238 e. The van der Waals surface area contributed by atoms with Crippen molar-refractivity contribution in [1.29, 1.82) is 0 Å². The van der Waals surface area contributed by atoms with E-state index in [2.05, 4.69) is 29.1 Å². The van der Waals surface area contributed by atoms with Crippen LogP contribution in [0.25, 0.3) is 0 Å². The first-order valence-electron chi connectivity index (χ1n) is 6.04. The van der Waals surface area contributed by atoms with E-state index in [1.807, 2.05) is 0 Å². The molecule has 0 aliphatic heterocycles. The molecule has 0 bridgehead atoms. The molecular weight excluding hydrogens is 345 g/mol. The minimum atomic E-state index is -4.00. The van der Waals surface area contributed by atoms with Gasteiger partial charge in [-0.3, -0.25) is 0 Å². The third kappa shape index (κ3) is 4.54. The van der Waals surface area contributed by atoms with Gasteiger partial charge in [-0.05, 0) is 35.4 Å². The second-order valence-electron chi connectivity index (χ2n) is 4.43. The Labute approximate surface area is 127 Å². The molecule has 0 aliphatic carbocycles. The molecule has 0 amide bonds. The number of benzene rings is 1. The molecule has 0 aromatic heterocycles. The van der Waals surface area contributed by atoms with Gasteiger partial charge in [-0.1, -0.05) is 34.7 Å². The summed E-state index contributed by atoms with van der Waals surface area (Å²) in [6, 6.07) is 2.70. The average molecular weight is 362 g/mol. The Hall–Kier alpha value is -0.980. The van der Waals surface area contributed by atoms with Crippen LogP contribution in [-0.2, 0) is 22.9 Å². The molecule has 1 rings (SSSR count). The number of primary sulfonamides is 1. The van der Waals surface area contributed by atoms with Gasteiger partial charge in [-0.2, -0.15) is 0 Å². The normalized spacial score (nSPS) is 11.3. The fourth-order valence-corrected chi connectivity index (χ4v) is 3.36. The van der Waals surface area contributed by atoms with Crippen molar-refractivity contribution in [3.63, 3.8) is 0 Å². The topological polar surface area (TPSA) is 60.2 Å². The first kappa shape index (κ1) is 17.1. The highest BCUT2D eigenvalue weighted by molar-refractivity contribution is 9.11. The van der Waals surface area contributed by atoms with Crippen LogP contribution >= 0.6 is 15.9 Å². The molecule has 0 radical (unpaired) electrons. The van der Waals surface area contributed by atoms with E-state index >= 15 is 0 Å². The van der Waals surface area contributed by atoms with Crippen molar-refractivity contribution >= 4 is 26.0 Å². The van der Waals surface area contributed by atoms with E-state index in [1.54, 1.807) is 6.08 Å². The molecule has 3 nitrogen and oxygen atoms in total. The van der Waals surface area contributed by atoms with Crippen LogP contribution in [-0.4, -0.2) is 8.42 Å². The zero-order chi connectivity index (χ0) is 15.3. The van der Waals surface area contributed by atoms with Gasteiger partial charge >= 0.3 is 0 Å². The largest absolute Gasteiger partial charge is 0.238 e. The number of sulfonamides is 1. The van der Waals surface area contributed by atoms with Gasteiger partial charge < -0.3 is 0 Å². The van der Waals surface area contributed by atoms with E-state index < -0.39 is 15.8 Å². The van der Waals surface area contributed by atoms with E-state index in [-0.39, 0.29) is 16.9 Å². The summed E-state index contributed by atoms with van der Waals surface area (Å²) in [6.07, 6.45) is 3.58. The first-order chi connectivity index (χ1) is 9.27. The molecule has 0 unspecified atom stereocenters. The number of unbranched alkanes of at least 4 members (excludes halogenated alkanes) is 1. The van der Waals surface area contributed by atoms with Crippen molar-refractivity contribution in [2.75, 3.05) is 0 Å². The van der Waals surface area contributed by atoms with Crippen molar-refractivity contribution in [3.8, 4) is 0 Å². The lowest BCUT2D eigenvalue weighted by Crippen LogP contribution is -2.18. The molecule has 0 saturated heterocycles. The molecule has 0 heterocycles. The Kier molecular flexibility index (Phi) is 6.10. The van der Waals surface area contributed by atoms with Crippen LogP contribution in [0.4, 0.5) is 4.39 Å². The quantitative estimate of drug-likeness (QED) is 0.597. The van der Waals surface area contributed by atoms with Gasteiger partial charge in [0.25, 0.3) is 0 Å². The SMILES string of the molecule is C=CCCCc1c(F)ccc(CC(=C)Br)c1S(N)(=O)=O. The summed E-state index contributed by atoms with van der Waals surface area (Å²) in [6.45, 7) is 7.26. The minimum Gasteiger partial charge on any atom is -0.225 e. The predicted molar refractivity (Wildman–Crippen MR) is 82.7 cm³/mol. The minimum absolute atomic E-state index is 0.123. The fourth-order valence-electron chi connectivity index (χ4n) is 2.01. The highest BCUT2D eigenvalue weighted by Crippen LogP contribution is 2.27. The summed E-state index contributed by atoms with van der Waals surface area (Å²) in [5.41, 5.74) is 0.588. The number of hydrogen-bond acceptors (Lipinski definition) is 2. The van der Waals surface area contributed by atoms with Gasteiger partial charge in [0, 0.05) is 12.0 Å². The van der Waals surface area contributed by atoms with Crippen LogP contribution in [0.15, 0.2) is 40.7 Å². The van der Waals surface area contributed by atoms with Crippen LogP contribution in [0, 0.1) is 5.82 Å². The lowest BCUT2D eigenvalue weighted by molar-refractivity contribution is 0.577. The van der Waals surface area contributed by atoms with E-state index in [4.69, 9.17) is 5.14 Å². The standard InChI is InChI=1S/C14H17BrFNO2S/c1-3-4-5-6-12-13(16)8-7-11(9-10(2)15)14(12)20(17,18)19/h3,7-8H,1-2,4-6,9H2,(H2,17,18,19). The molecule has 1 aromatic rings. The third-order valence-corrected chi connectivity index (χ3v) is 4.14. The van der Waals surface area contributed by atoms with Crippen molar-refractivity contribution in [2.24, 2.45) is 5.14 Å². The van der Waals surface area contributed by atoms with Crippen molar-refractivity contribution in [2.45, 2.75) is 30.6 Å². The molecule has 2 N–H and O–H groups in total. The fraction of sp³-hybridized carbons (Fsp3) is 0.286. The molecule has 6 heteroatoms. The summed E-state index contributed by atoms with van der Waals surface area (Å²) >= 11 is 3.18. The molecule has 0 spiro atoms. The summed E-state index contributed by atoms with van der Waals surface area (Å²) in [7, 11) is -4.00. The molecule has 1 aromatic carbocycles. The molecule has 0 atom stereocenters. The van der Waals surface area contributed by atoms with Gasteiger partial charge in [0.2, 0.25) is 10.0 Å². The maximum absolute atomic E-state index is 13.9. The lowest BCUT2D eigenvalue weighted by Gasteiger charge is -2.14. The van der Waals surface area contributed by atoms with Crippen molar-refractivity contribution in [1.82, 2.24) is 0 Å². The lowest BCUT2D eigenvalue weighted by atomic mass is 10.0. The number of nitrogens with two attached hydrogens (primary N) is 1. The Morgan fingerprint density at radius 2 is 2.10 bits per heavy atom. The number of hydrogen-bond donors (Lipinski definition) is 1. The second kappa shape index (κ2) is 7.15. The molecular formula is C14H17BrFNO2S. The van der Waals surface area contributed by atoms with Gasteiger partial charge in [0.15, 0.2) is 0 Å². The van der Waals surface area contributed by atoms with Gasteiger partial charge in [0.1, 0.15) is 5.82 Å². The average Bonchev–Trinajstić information content (AvgIpc) is 2.31. The third-order valence-electron chi connectivity index (χ3n) is 2.79. The van der Waals surface area contributed by atoms with Crippen LogP contribution in [0.3, 0.4) is 0 Å². The zero-order valence-electron chi connectivity index (χ0n) is 11.0. The van der Waals surface area contributed by atoms with Gasteiger partial charge in [-0.25, -0.2) is 17.9 Å². The molecule has 0 aliphatic rings. The summed E-state index contributed by atoms with van der Waals surface area (Å²) in [4.78, 5) is -0.123. The number of allylic oxidation sites excluding steroid dienone is 2. The number of halogens is 2. The monoisotopic (exact) mass is 361 g/mol. The zero-order valence-corrected chi connectivity index (χ0v) is 13.4. The summed E-state index contributed by atoms with van der Waals surface area (Å²) in [5.74, 6) is -0.554. The Morgan fingerprint density at radius 1 is 1.45 bits per heavy atom. The van der Waals surface area contributed by atoms with Crippen LogP contribution in [0.2, 0.25) is 0 Å². The first-order valence-corrected chi connectivity index (χ1v) is 8.38. The smallest absolute Gasteiger partial charge is 0.225 e. The van der Waals surface area contributed by atoms with Gasteiger partial charge in [-0.15, -0.1) is 6.58 Å². The second-order valence-corrected chi connectivity index (χ2v) is 7.05. The van der Waals surface area contributed by atoms with E-state index in [0.29, 0.717) is 29.3 Å². The molecule has 0 fully saturated rings. The van der Waals surface area contributed by atoms with Crippen LogP contribution in [0.1, 0.15) is 24.0 Å². The van der Waals surface area contributed by atoms with Crippen molar-refractivity contribution < 1.29 is 12.8 Å². The van der Waals surface area contributed by atoms with Crippen LogP contribution < -0.4 is 5.14 Å². The molecule has 20 heavy (non-hydrogen) atoms. The highest BCUT2D eigenvalue weighted by atomic mass is 79.9. The summed E-state index contributed by atoms with van der Waals surface area (Å²) in [5, 5.41) is 5.25. The highest BCUT2D eigenvalue weighted by Gasteiger charge is 2.22. The number of rotatable bonds is 7. The van der Waals surface area contributed by atoms with E-state index in [1.165, 1.54) is 12.1 Å². The predicted octanol–water partition coefficient (Wildman–Crippen LogP) is 3.43. The molecule has 0 saturated carbocycles. The van der Waals surface area contributed by atoms with E-state index in [9.17, 15) is 12.8 Å². The Balaban J connectivity index is 3.38. The van der Waals surface area contributed by atoms with E-state index in [0.717, 1.165) is 0 Å². The Bertz CT molecular complexity index is 626. The summed E-state index contributed by atoms with van der Waals surface area (Å²) < 4.78 is 38.1. The maximum atomic E-state index is 13.9. The molecule has 110 valence electrons. The van der Waals surface area contributed by atoms with Crippen molar-refractivity contribution in [3.05, 3.63) is 52.8 Å².